The molecule has 3 rings (SSSR count). The van der Waals surface area contributed by atoms with Crippen LogP contribution in [0.5, 0.6) is 5.75 Å². The standard InChI is InChI=1S/C23H33NO3/c1-6-14-26-23(5)17-24(22(2,3)4)15-19(27-23)16-25-21-13-9-11-18-10-7-8-12-20(18)21/h7-13,19H,6,14-17H2,1-5H3. The maximum Gasteiger partial charge on any atom is 0.178 e. The zero-order valence-corrected chi connectivity index (χ0v) is 17.3. The van der Waals surface area contributed by atoms with Crippen molar-refractivity contribution in [3.05, 3.63) is 42.5 Å². The van der Waals surface area contributed by atoms with E-state index in [-0.39, 0.29) is 11.6 Å². The van der Waals surface area contributed by atoms with Crippen LogP contribution >= 0.6 is 0 Å². The molecule has 2 aromatic carbocycles. The van der Waals surface area contributed by atoms with Gasteiger partial charge in [0.25, 0.3) is 0 Å². The molecule has 148 valence electrons. The summed E-state index contributed by atoms with van der Waals surface area (Å²) in [7, 11) is 0. The highest BCUT2D eigenvalue weighted by Gasteiger charge is 2.41. The van der Waals surface area contributed by atoms with E-state index in [9.17, 15) is 0 Å². The van der Waals surface area contributed by atoms with Crippen molar-refractivity contribution in [3.63, 3.8) is 0 Å². The second-order valence-corrected chi connectivity index (χ2v) is 8.56. The minimum Gasteiger partial charge on any atom is -0.490 e. The fourth-order valence-corrected chi connectivity index (χ4v) is 3.58. The van der Waals surface area contributed by atoms with Crippen LogP contribution in [0.1, 0.15) is 41.0 Å². The Morgan fingerprint density at radius 3 is 2.63 bits per heavy atom. The Labute approximate surface area is 163 Å². The minimum atomic E-state index is -0.603. The first kappa shape index (κ1) is 20.1. The summed E-state index contributed by atoms with van der Waals surface area (Å²) >= 11 is 0. The third-order valence-corrected chi connectivity index (χ3v) is 5.05. The van der Waals surface area contributed by atoms with Gasteiger partial charge in [-0.25, -0.2) is 0 Å². The van der Waals surface area contributed by atoms with Gasteiger partial charge < -0.3 is 14.2 Å². The zero-order valence-electron chi connectivity index (χ0n) is 17.3. The van der Waals surface area contributed by atoms with E-state index in [0.717, 1.165) is 30.6 Å². The summed E-state index contributed by atoms with van der Waals surface area (Å²) in [6, 6.07) is 14.5. The molecule has 0 amide bonds. The Balaban J connectivity index is 1.74. The van der Waals surface area contributed by atoms with Crippen LogP contribution in [-0.4, -0.2) is 48.6 Å². The lowest BCUT2D eigenvalue weighted by molar-refractivity contribution is -0.291. The number of morpholine rings is 1. The molecule has 1 aliphatic heterocycles. The molecule has 0 spiro atoms. The molecule has 4 nitrogen and oxygen atoms in total. The first-order valence-corrected chi connectivity index (χ1v) is 9.98. The van der Waals surface area contributed by atoms with Gasteiger partial charge in [-0.05, 0) is 45.6 Å². The first-order chi connectivity index (χ1) is 12.8. The van der Waals surface area contributed by atoms with Gasteiger partial charge in [-0.2, -0.15) is 0 Å². The molecular formula is C23H33NO3. The summed E-state index contributed by atoms with van der Waals surface area (Å²) in [6.07, 6.45) is 0.935. The maximum absolute atomic E-state index is 6.35. The van der Waals surface area contributed by atoms with Crippen LogP contribution in [0.3, 0.4) is 0 Å². The first-order valence-electron chi connectivity index (χ1n) is 9.98. The summed E-state index contributed by atoms with van der Waals surface area (Å²) < 4.78 is 18.6. The van der Waals surface area contributed by atoms with Crippen LogP contribution in [-0.2, 0) is 9.47 Å². The molecule has 2 aromatic rings. The Morgan fingerprint density at radius 2 is 1.89 bits per heavy atom. The molecular weight excluding hydrogens is 338 g/mol. The molecule has 4 heteroatoms. The molecule has 0 aromatic heterocycles. The Hall–Kier alpha value is -1.62. The summed E-state index contributed by atoms with van der Waals surface area (Å²) in [5.41, 5.74) is 0.0539. The largest absolute Gasteiger partial charge is 0.490 e. The SMILES string of the molecule is CCCOC1(C)CN(C(C)(C)C)CC(COc2cccc3ccccc23)O1. The Morgan fingerprint density at radius 1 is 1.15 bits per heavy atom. The monoisotopic (exact) mass is 371 g/mol. The lowest BCUT2D eigenvalue weighted by atomic mass is 10.0. The van der Waals surface area contributed by atoms with E-state index in [1.54, 1.807) is 0 Å². The molecule has 0 bridgehead atoms. The minimum absolute atomic E-state index is 0.0428. The van der Waals surface area contributed by atoms with E-state index in [1.807, 2.05) is 31.2 Å². The highest BCUT2D eigenvalue weighted by atomic mass is 16.7. The van der Waals surface area contributed by atoms with Gasteiger partial charge in [-0.15, -0.1) is 0 Å². The van der Waals surface area contributed by atoms with Crippen molar-refractivity contribution < 1.29 is 14.2 Å². The van der Waals surface area contributed by atoms with Crippen molar-refractivity contribution in [1.29, 1.82) is 0 Å². The quantitative estimate of drug-likeness (QED) is 0.725. The maximum atomic E-state index is 6.35. The van der Waals surface area contributed by atoms with Gasteiger partial charge in [-0.1, -0.05) is 43.3 Å². The summed E-state index contributed by atoms with van der Waals surface area (Å²) in [4.78, 5) is 2.43. The van der Waals surface area contributed by atoms with E-state index in [2.05, 4.69) is 50.8 Å². The van der Waals surface area contributed by atoms with Gasteiger partial charge in [-0.3, -0.25) is 4.90 Å². The molecule has 27 heavy (non-hydrogen) atoms. The van der Waals surface area contributed by atoms with Crippen LogP contribution < -0.4 is 4.74 Å². The van der Waals surface area contributed by atoms with Gasteiger partial charge in [0.1, 0.15) is 18.5 Å². The van der Waals surface area contributed by atoms with E-state index in [1.165, 1.54) is 5.39 Å². The average molecular weight is 372 g/mol. The summed E-state index contributed by atoms with van der Waals surface area (Å²) in [6.45, 7) is 13.7. The number of ether oxygens (including phenoxy) is 3. The number of hydrogen-bond donors (Lipinski definition) is 0. The summed E-state index contributed by atoms with van der Waals surface area (Å²) in [5.74, 6) is 0.301. The Bertz CT molecular complexity index is 749. The average Bonchev–Trinajstić information content (AvgIpc) is 2.63. The molecule has 0 aliphatic carbocycles. The molecule has 1 aliphatic rings. The van der Waals surface area contributed by atoms with Gasteiger partial charge >= 0.3 is 0 Å². The van der Waals surface area contributed by atoms with Gasteiger partial charge in [0.05, 0.1) is 6.54 Å². The molecule has 1 heterocycles. The molecule has 0 N–H and O–H groups in total. The zero-order chi connectivity index (χ0) is 19.5. The lowest BCUT2D eigenvalue weighted by Gasteiger charge is -2.48. The molecule has 1 fully saturated rings. The van der Waals surface area contributed by atoms with Gasteiger partial charge in [0, 0.05) is 24.1 Å². The van der Waals surface area contributed by atoms with Crippen molar-refractivity contribution in [3.8, 4) is 5.75 Å². The van der Waals surface area contributed by atoms with Gasteiger partial charge in [0.2, 0.25) is 0 Å². The van der Waals surface area contributed by atoms with Crippen LogP contribution in [0.15, 0.2) is 42.5 Å². The fourth-order valence-electron chi connectivity index (χ4n) is 3.58. The second kappa shape index (κ2) is 8.17. The summed E-state index contributed by atoms with van der Waals surface area (Å²) in [5, 5.41) is 2.32. The molecule has 2 atom stereocenters. The number of nitrogens with zero attached hydrogens (tertiary/aromatic N) is 1. The Kier molecular flexibility index (Phi) is 6.09. The molecule has 2 unspecified atom stereocenters. The van der Waals surface area contributed by atoms with E-state index >= 15 is 0 Å². The van der Waals surface area contributed by atoms with E-state index in [0.29, 0.717) is 13.2 Å². The molecule has 0 saturated carbocycles. The molecule has 0 radical (unpaired) electrons. The predicted octanol–water partition coefficient (Wildman–Crippen LogP) is 4.86. The number of fused-ring (bicyclic) bond motifs is 1. The number of hydrogen-bond acceptors (Lipinski definition) is 4. The lowest BCUT2D eigenvalue weighted by Crippen LogP contribution is -2.61. The second-order valence-electron chi connectivity index (χ2n) is 8.56. The van der Waals surface area contributed by atoms with E-state index < -0.39 is 5.79 Å². The smallest absolute Gasteiger partial charge is 0.178 e. The van der Waals surface area contributed by atoms with Crippen molar-refractivity contribution in [2.75, 3.05) is 26.3 Å². The fraction of sp³-hybridized carbons (Fsp3) is 0.565. The normalized spacial score (nSPS) is 24.3. The van der Waals surface area contributed by atoms with Crippen LogP contribution in [0.4, 0.5) is 0 Å². The van der Waals surface area contributed by atoms with Crippen LogP contribution in [0.25, 0.3) is 10.8 Å². The highest BCUT2D eigenvalue weighted by Crippen LogP contribution is 2.30. The van der Waals surface area contributed by atoms with Crippen molar-refractivity contribution >= 4 is 10.8 Å². The van der Waals surface area contributed by atoms with Crippen LogP contribution in [0.2, 0.25) is 0 Å². The van der Waals surface area contributed by atoms with Crippen molar-refractivity contribution in [2.24, 2.45) is 0 Å². The van der Waals surface area contributed by atoms with Gasteiger partial charge in [0.15, 0.2) is 5.79 Å². The predicted molar refractivity (Wildman–Crippen MR) is 110 cm³/mol. The number of benzene rings is 2. The van der Waals surface area contributed by atoms with Crippen molar-refractivity contribution in [1.82, 2.24) is 4.90 Å². The highest BCUT2D eigenvalue weighted by molar-refractivity contribution is 5.88. The van der Waals surface area contributed by atoms with Crippen molar-refractivity contribution in [2.45, 2.75) is 58.5 Å². The van der Waals surface area contributed by atoms with E-state index in [4.69, 9.17) is 14.2 Å². The number of rotatable bonds is 6. The third kappa shape index (κ3) is 5.01. The molecule has 1 saturated heterocycles. The topological polar surface area (TPSA) is 30.9 Å². The third-order valence-electron chi connectivity index (χ3n) is 5.05. The van der Waals surface area contributed by atoms with Crippen LogP contribution in [0, 0.1) is 0 Å².